The van der Waals surface area contributed by atoms with Crippen molar-refractivity contribution in [1.29, 1.82) is 0 Å². The van der Waals surface area contributed by atoms with Gasteiger partial charge in [-0.25, -0.2) is 4.79 Å². The molecule has 3 N–H and O–H groups in total. The molecule has 0 atom stereocenters. The van der Waals surface area contributed by atoms with Crippen LogP contribution in [-0.2, 0) is 11.3 Å². The Labute approximate surface area is 172 Å². The molecular formula is C19H24ClN5O4. The Morgan fingerprint density at radius 1 is 1.38 bits per heavy atom. The van der Waals surface area contributed by atoms with Gasteiger partial charge in [-0.15, -0.1) is 0 Å². The van der Waals surface area contributed by atoms with E-state index in [1.54, 1.807) is 18.2 Å². The van der Waals surface area contributed by atoms with Crippen LogP contribution in [0.5, 0.6) is 5.75 Å². The molecule has 10 heteroatoms. The second-order valence-corrected chi connectivity index (χ2v) is 7.27. The maximum atomic E-state index is 12.9. The first-order valence-electron chi connectivity index (χ1n) is 9.40. The molecule has 29 heavy (non-hydrogen) atoms. The van der Waals surface area contributed by atoms with Gasteiger partial charge < -0.3 is 20.3 Å². The van der Waals surface area contributed by atoms with Crippen LogP contribution in [0.2, 0.25) is 5.02 Å². The molecule has 3 rings (SSSR count). The fraction of sp³-hybridized carbons (Fsp3) is 0.421. The number of nitrogens with two attached hydrogens (primary N) is 1. The molecule has 1 aromatic heterocycles. The highest BCUT2D eigenvalue weighted by atomic mass is 35.5. The molecule has 0 fully saturated rings. The van der Waals surface area contributed by atoms with Crippen LogP contribution < -0.4 is 31.5 Å². The largest absolute Gasteiger partial charge is 0.490 e. The average Bonchev–Trinajstić information content (AvgIpc) is 2.68. The number of aromatic nitrogens is 2. The van der Waals surface area contributed by atoms with Gasteiger partial charge in [-0.1, -0.05) is 24.9 Å². The fourth-order valence-corrected chi connectivity index (χ4v) is 3.41. The van der Waals surface area contributed by atoms with Gasteiger partial charge in [-0.2, -0.15) is 0 Å². The van der Waals surface area contributed by atoms with Gasteiger partial charge in [0.2, 0.25) is 5.91 Å². The van der Waals surface area contributed by atoms with Gasteiger partial charge >= 0.3 is 5.69 Å². The third-order valence-electron chi connectivity index (χ3n) is 4.87. The van der Waals surface area contributed by atoms with Gasteiger partial charge in [0.05, 0.1) is 18.8 Å². The Hall–Kier alpha value is -2.94. The number of amides is 1. The molecule has 0 spiro atoms. The molecule has 156 valence electrons. The quantitative estimate of drug-likeness (QED) is 0.729. The van der Waals surface area contributed by atoms with Crippen LogP contribution in [0.1, 0.15) is 19.8 Å². The van der Waals surface area contributed by atoms with Crippen LogP contribution in [0.4, 0.5) is 17.2 Å². The molecule has 1 aliphatic heterocycles. The monoisotopic (exact) mass is 421 g/mol. The molecule has 1 aliphatic rings. The van der Waals surface area contributed by atoms with Gasteiger partial charge in [0.1, 0.15) is 18.2 Å². The van der Waals surface area contributed by atoms with Crippen molar-refractivity contribution in [2.45, 2.75) is 26.3 Å². The first-order chi connectivity index (χ1) is 13.8. The van der Waals surface area contributed by atoms with Gasteiger partial charge in [-0.05, 0) is 24.6 Å². The standard InChI is InChI=1S/C19H24ClN5O4/c1-3-4-7-25-17(21)16(18(27)22-19(25)28)23(2)15(26)11-24-8-9-29-14-6-5-12(20)10-13(14)24/h5-6,10H,3-4,7-9,11,21H2,1-2H3,(H,22,27,28). The number of rotatable bonds is 6. The predicted molar refractivity (Wildman–Crippen MR) is 113 cm³/mol. The normalized spacial score (nSPS) is 13.0. The molecule has 2 aromatic rings. The number of unbranched alkanes of at least 4 members (excludes halogenated alkanes) is 1. The van der Waals surface area contributed by atoms with E-state index >= 15 is 0 Å². The number of ether oxygens (including phenoxy) is 1. The number of nitrogens with one attached hydrogen (secondary N) is 1. The molecule has 1 amide bonds. The van der Waals surface area contributed by atoms with Crippen molar-refractivity contribution in [1.82, 2.24) is 9.55 Å². The Morgan fingerprint density at radius 2 is 2.14 bits per heavy atom. The Bertz CT molecular complexity index is 1030. The number of H-pyrrole nitrogens is 1. The van der Waals surface area contributed by atoms with Crippen molar-refractivity contribution in [3.8, 4) is 5.75 Å². The molecule has 0 saturated heterocycles. The SMILES string of the molecule is CCCCn1c(N)c(N(C)C(=O)CN2CCOc3ccc(Cl)cc32)c(=O)[nH]c1=O. The van der Waals surface area contributed by atoms with Crippen molar-refractivity contribution < 1.29 is 9.53 Å². The maximum Gasteiger partial charge on any atom is 0.330 e. The lowest BCUT2D eigenvalue weighted by Crippen LogP contribution is -2.45. The summed E-state index contributed by atoms with van der Waals surface area (Å²) in [4.78, 5) is 42.7. The molecule has 0 aliphatic carbocycles. The van der Waals surface area contributed by atoms with Crippen molar-refractivity contribution >= 4 is 34.7 Å². The van der Waals surface area contributed by atoms with Crippen molar-refractivity contribution in [2.75, 3.05) is 42.3 Å². The lowest BCUT2D eigenvalue weighted by molar-refractivity contribution is -0.117. The van der Waals surface area contributed by atoms with E-state index < -0.39 is 11.2 Å². The van der Waals surface area contributed by atoms with Crippen LogP contribution in [0.25, 0.3) is 0 Å². The zero-order valence-corrected chi connectivity index (χ0v) is 17.2. The third kappa shape index (κ3) is 4.24. The summed E-state index contributed by atoms with van der Waals surface area (Å²) in [6.45, 7) is 3.27. The van der Waals surface area contributed by atoms with Crippen LogP contribution in [0.3, 0.4) is 0 Å². The Morgan fingerprint density at radius 3 is 2.86 bits per heavy atom. The molecule has 2 heterocycles. The van der Waals surface area contributed by atoms with Gasteiger partial charge in [-0.3, -0.25) is 19.1 Å². The molecule has 9 nitrogen and oxygen atoms in total. The first kappa shape index (κ1) is 20.8. The zero-order valence-electron chi connectivity index (χ0n) is 16.4. The smallest absolute Gasteiger partial charge is 0.330 e. The minimum Gasteiger partial charge on any atom is -0.490 e. The summed E-state index contributed by atoms with van der Waals surface area (Å²) in [5.74, 6) is 0.269. The number of carbonyl (C=O) groups is 1. The lowest BCUT2D eigenvalue weighted by atomic mass is 10.2. The van der Waals surface area contributed by atoms with E-state index in [0.717, 1.165) is 12.8 Å². The number of anilines is 3. The fourth-order valence-electron chi connectivity index (χ4n) is 3.24. The molecule has 0 saturated carbocycles. The van der Waals surface area contributed by atoms with E-state index in [0.29, 0.717) is 36.2 Å². The van der Waals surface area contributed by atoms with Gasteiger partial charge in [0.25, 0.3) is 5.56 Å². The van der Waals surface area contributed by atoms with E-state index in [2.05, 4.69) is 4.98 Å². The Kier molecular flexibility index (Phi) is 6.17. The number of nitrogen functional groups attached to an aromatic ring is 1. The topological polar surface area (TPSA) is 114 Å². The highest BCUT2D eigenvalue weighted by molar-refractivity contribution is 6.31. The number of benzene rings is 1. The minimum atomic E-state index is -0.693. The van der Waals surface area contributed by atoms with E-state index in [4.69, 9.17) is 22.1 Å². The molecule has 0 radical (unpaired) electrons. The van der Waals surface area contributed by atoms with E-state index in [9.17, 15) is 14.4 Å². The van der Waals surface area contributed by atoms with Crippen molar-refractivity contribution in [3.05, 3.63) is 44.1 Å². The minimum absolute atomic E-state index is 0.000167. The van der Waals surface area contributed by atoms with Crippen LogP contribution in [0, 0.1) is 0 Å². The molecule has 1 aromatic carbocycles. The van der Waals surface area contributed by atoms with Gasteiger partial charge in [0, 0.05) is 18.6 Å². The van der Waals surface area contributed by atoms with Crippen molar-refractivity contribution in [2.24, 2.45) is 0 Å². The summed E-state index contributed by atoms with van der Waals surface area (Å²) in [5, 5.41) is 0.531. The summed E-state index contributed by atoms with van der Waals surface area (Å²) in [7, 11) is 1.47. The zero-order chi connectivity index (χ0) is 21.1. The third-order valence-corrected chi connectivity index (χ3v) is 5.10. The summed E-state index contributed by atoms with van der Waals surface area (Å²) in [5.41, 5.74) is 5.49. The summed E-state index contributed by atoms with van der Waals surface area (Å²) < 4.78 is 6.89. The predicted octanol–water partition coefficient (Wildman–Crippen LogP) is 1.43. The number of fused-ring (bicyclic) bond motifs is 1. The number of likely N-dealkylation sites (N-methyl/N-ethyl adjacent to an activating group) is 1. The number of hydrogen-bond donors (Lipinski definition) is 2. The number of nitrogens with zero attached hydrogens (tertiary/aromatic N) is 3. The summed E-state index contributed by atoms with van der Waals surface area (Å²) >= 11 is 6.08. The number of hydrogen-bond acceptors (Lipinski definition) is 6. The van der Waals surface area contributed by atoms with E-state index in [1.165, 1.54) is 16.5 Å². The summed E-state index contributed by atoms with van der Waals surface area (Å²) in [6.07, 6.45) is 1.58. The van der Waals surface area contributed by atoms with Crippen LogP contribution in [-0.4, -0.2) is 42.2 Å². The number of carbonyl (C=O) groups excluding carboxylic acids is 1. The highest BCUT2D eigenvalue weighted by Crippen LogP contribution is 2.34. The second-order valence-electron chi connectivity index (χ2n) is 6.83. The summed E-state index contributed by atoms with van der Waals surface area (Å²) in [6, 6.07) is 5.21. The van der Waals surface area contributed by atoms with E-state index in [-0.39, 0.29) is 24.0 Å². The number of aromatic amines is 1. The van der Waals surface area contributed by atoms with Crippen LogP contribution in [0.15, 0.2) is 27.8 Å². The number of halogens is 1. The first-order valence-corrected chi connectivity index (χ1v) is 9.77. The van der Waals surface area contributed by atoms with Crippen LogP contribution >= 0.6 is 11.6 Å². The maximum absolute atomic E-state index is 12.9. The highest BCUT2D eigenvalue weighted by Gasteiger charge is 2.25. The van der Waals surface area contributed by atoms with Gasteiger partial charge in [0.15, 0.2) is 5.69 Å². The molecule has 0 bridgehead atoms. The lowest BCUT2D eigenvalue weighted by Gasteiger charge is -2.32. The van der Waals surface area contributed by atoms with Crippen molar-refractivity contribution in [3.63, 3.8) is 0 Å². The average molecular weight is 422 g/mol. The van der Waals surface area contributed by atoms with E-state index in [1.807, 2.05) is 11.8 Å². The Balaban J connectivity index is 1.88. The second kappa shape index (κ2) is 8.60. The molecular weight excluding hydrogens is 398 g/mol. The molecule has 0 unspecified atom stereocenters.